The van der Waals surface area contributed by atoms with Crippen LogP contribution in [0.3, 0.4) is 0 Å². The molecule has 0 bridgehead atoms. The molecule has 0 N–H and O–H groups in total. The van der Waals surface area contributed by atoms with Crippen LogP contribution in [0.25, 0.3) is 0 Å². The van der Waals surface area contributed by atoms with Crippen LogP contribution in [0, 0.1) is 41.7 Å². The molecule has 0 aromatic rings. The van der Waals surface area contributed by atoms with Crippen molar-refractivity contribution in [2.45, 2.75) is 0 Å². The molecule has 27 valence electrons. The summed E-state index contributed by atoms with van der Waals surface area (Å²) in [4.78, 5) is 0. The molecule has 0 aliphatic rings. The van der Waals surface area contributed by atoms with E-state index >= 15 is 0 Å². The van der Waals surface area contributed by atoms with Crippen LogP contribution in [-0.4, -0.2) is 24.4 Å². The van der Waals surface area contributed by atoms with Gasteiger partial charge in [0.05, 0.1) is 0 Å². The molecule has 0 heterocycles. The van der Waals surface area contributed by atoms with Crippen molar-refractivity contribution in [3.8, 4) is 0 Å². The van der Waals surface area contributed by atoms with E-state index in [1.54, 1.807) is 0 Å². The van der Waals surface area contributed by atoms with Crippen molar-refractivity contribution in [3.63, 3.8) is 0 Å². The van der Waals surface area contributed by atoms with Crippen LogP contribution >= 0.6 is 0 Å². The molecule has 0 aliphatic carbocycles. The number of hydrogen-bond acceptors (Lipinski definition) is 0. The first-order valence-electron chi connectivity index (χ1n) is 0. The largest absolute Gasteiger partial charge is 3.00 e. The standard InChI is InChI=1S/Ce.3O.Sb/q+3;3*-2;+3. The Morgan fingerprint density at radius 1 is 0.600 bits per heavy atom. The van der Waals surface area contributed by atoms with E-state index in [4.69, 9.17) is 0 Å². The van der Waals surface area contributed by atoms with E-state index in [1.165, 1.54) is 0 Å². The normalized spacial score (nSPS) is 0. The number of rotatable bonds is 0. The maximum atomic E-state index is 0. The third kappa shape index (κ3) is 23.4. The maximum Gasteiger partial charge on any atom is 3.00 e. The van der Waals surface area contributed by atoms with Gasteiger partial charge in [0.15, 0.2) is 0 Å². The minimum absolute atomic E-state index is 0. The van der Waals surface area contributed by atoms with E-state index in [0.29, 0.717) is 0 Å². The van der Waals surface area contributed by atoms with E-state index in [0.717, 1.165) is 0 Å². The molecule has 0 unspecified atom stereocenters. The van der Waals surface area contributed by atoms with Gasteiger partial charge in [-0.1, -0.05) is 0 Å². The predicted molar refractivity (Wildman–Crippen MR) is 7.81 cm³/mol. The summed E-state index contributed by atoms with van der Waals surface area (Å²) in [5.74, 6) is 0. The second kappa shape index (κ2) is 36.3. The van der Waals surface area contributed by atoms with E-state index < -0.39 is 0 Å². The zero-order valence-electron chi connectivity index (χ0n) is 2.17. The maximum absolute atomic E-state index is 0. The molecule has 3 radical (unpaired) electrons. The molecule has 0 rings (SSSR count). The van der Waals surface area contributed by atoms with Gasteiger partial charge in [0.1, 0.15) is 0 Å². The van der Waals surface area contributed by atoms with Gasteiger partial charge < -0.3 is 16.4 Å². The van der Waals surface area contributed by atoms with Gasteiger partial charge in [-0.05, 0) is 0 Å². The van der Waals surface area contributed by atoms with Crippen LogP contribution in [0.4, 0.5) is 0 Å². The Hall–Kier alpha value is 2.07. The Morgan fingerprint density at radius 2 is 0.600 bits per heavy atom. The first-order chi connectivity index (χ1) is 0. The zero-order valence-corrected chi connectivity index (χ0v) is 7.86. The topological polar surface area (TPSA) is 85.5 Å². The van der Waals surface area contributed by atoms with E-state index in [1.807, 2.05) is 0 Å². The summed E-state index contributed by atoms with van der Waals surface area (Å²) >= 11 is 0. The second-order valence-electron chi connectivity index (χ2n) is 0. The molecule has 0 aliphatic heterocycles. The summed E-state index contributed by atoms with van der Waals surface area (Å²) < 4.78 is 0. The van der Waals surface area contributed by atoms with Crippen molar-refractivity contribution in [1.29, 1.82) is 0 Å². The zero-order chi connectivity index (χ0) is 0. The molecule has 0 fully saturated rings. The SMILES string of the molecule is [Ce+3].[O-2].[O-2].[O-2].[Sb+3]. The fourth-order valence-electron chi connectivity index (χ4n) is 0. The number of hydrogen-bond donors (Lipinski definition) is 0. The summed E-state index contributed by atoms with van der Waals surface area (Å²) in [5, 5.41) is 0. The van der Waals surface area contributed by atoms with Gasteiger partial charge >= 0.3 is 66.2 Å². The summed E-state index contributed by atoms with van der Waals surface area (Å²) in [6.07, 6.45) is 0. The van der Waals surface area contributed by atoms with Crippen LogP contribution in [0.1, 0.15) is 0 Å². The van der Waals surface area contributed by atoms with Gasteiger partial charge in [0, 0.05) is 0 Å². The van der Waals surface area contributed by atoms with Crippen LogP contribution in [0.5, 0.6) is 0 Å². The minimum atomic E-state index is 0. The van der Waals surface area contributed by atoms with Crippen molar-refractivity contribution in [2.24, 2.45) is 0 Å². The van der Waals surface area contributed by atoms with Gasteiger partial charge in [-0.3, -0.25) is 0 Å². The van der Waals surface area contributed by atoms with Crippen molar-refractivity contribution in [3.05, 3.63) is 0 Å². The second-order valence-corrected chi connectivity index (χ2v) is 0. The molecule has 5 heteroatoms. The first kappa shape index (κ1) is 60.6. The summed E-state index contributed by atoms with van der Waals surface area (Å²) in [5.41, 5.74) is 0. The van der Waals surface area contributed by atoms with E-state index in [9.17, 15) is 0 Å². The fourth-order valence-corrected chi connectivity index (χ4v) is 0. The average molecular weight is 310 g/mol. The molecule has 5 heavy (non-hydrogen) atoms. The quantitative estimate of drug-likeness (QED) is 0.528. The van der Waals surface area contributed by atoms with Crippen molar-refractivity contribution < 1.29 is 58.2 Å². The van der Waals surface area contributed by atoms with Crippen LogP contribution < -0.4 is 0 Å². The van der Waals surface area contributed by atoms with Crippen molar-refractivity contribution >= 4 is 24.4 Å². The molecule has 3 nitrogen and oxygen atoms in total. The van der Waals surface area contributed by atoms with Crippen molar-refractivity contribution in [1.82, 2.24) is 0 Å². The van der Waals surface area contributed by atoms with E-state index in [-0.39, 0.29) is 82.6 Å². The average Bonchev–Trinajstić information content (AvgIpc) is 0. The molecule has 0 aromatic carbocycles. The third-order valence-corrected chi connectivity index (χ3v) is 0. The van der Waals surface area contributed by atoms with Crippen LogP contribution in [-0.2, 0) is 16.4 Å². The molecule has 0 atom stereocenters. The summed E-state index contributed by atoms with van der Waals surface area (Å²) in [6.45, 7) is 0. The van der Waals surface area contributed by atoms with Crippen molar-refractivity contribution in [2.75, 3.05) is 0 Å². The molecule has 0 aromatic heterocycles. The molecular formula is CeO3Sb. The van der Waals surface area contributed by atoms with Gasteiger partial charge in [-0.15, -0.1) is 0 Å². The fraction of sp³-hybridized carbons (Fsp3) is 0. The van der Waals surface area contributed by atoms with Gasteiger partial charge in [-0.25, -0.2) is 0 Å². The van der Waals surface area contributed by atoms with Gasteiger partial charge in [0.2, 0.25) is 0 Å². The van der Waals surface area contributed by atoms with E-state index in [2.05, 4.69) is 0 Å². The molecule has 0 amide bonds. The Balaban J connectivity index is 0. The molecule has 0 saturated heterocycles. The van der Waals surface area contributed by atoms with Crippen LogP contribution in [0.2, 0.25) is 0 Å². The Labute approximate surface area is 81.3 Å². The van der Waals surface area contributed by atoms with Gasteiger partial charge in [0.25, 0.3) is 0 Å². The minimum Gasteiger partial charge on any atom is -2.00 e. The smallest absolute Gasteiger partial charge is 2.00 e. The van der Waals surface area contributed by atoms with Gasteiger partial charge in [-0.2, -0.15) is 0 Å². The molecule has 0 saturated carbocycles. The Morgan fingerprint density at radius 3 is 0.600 bits per heavy atom. The van der Waals surface area contributed by atoms with Crippen LogP contribution in [0.15, 0.2) is 0 Å². The first-order valence-corrected chi connectivity index (χ1v) is 0. The Bertz CT molecular complexity index is 6.85. The summed E-state index contributed by atoms with van der Waals surface area (Å²) in [6, 6.07) is 0. The predicted octanol–water partition coefficient (Wildman–Crippen LogP) is -0.737. The Kier molecular flexibility index (Phi) is 441. The molecule has 0 spiro atoms. The summed E-state index contributed by atoms with van der Waals surface area (Å²) in [7, 11) is 0. The monoisotopic (exact) mass is 309 g/mol. The molecular weight excluding hydrogens is 310 g/mol. The third-order valence-electron chi connectivity index (χ3n) is 0.